The van der Waals surface area contributed by atoms with E-state index < -0.39 is 0 Å². The second-order valence-electron chi connectivity index (χ2n) is 8.30. The molecule has 2 N–H and O–H groups in total. The lowest BCUT2D eigenvalue weighted by molar-refractivity contribution is 0.101. The molecule has 4 aromatic rings. The van der Waals surface area contributed by atoms with Crippen LogP contribution in [0.15, 0.2) is 66.0 Å². The van der Waals surface area contributed by atoms with Crippen molar-refractivity contribution in [1.29, 1.82) is 0 Å². The summed E-state index contributed by atoms with van der Waals surface area (Å²) in [4.78, 5) is 12.9. The molecule has 1 aliphatic rings. The van der Waals surface area contributed by atoms with Gasteiger partial charge in [-0.3, -0.25) is 4.79 Å². The van der Waals surface area contributed by atoms with Gasteiger partial charge in [0.2, 0.25) is 0 Å². The van der Waals surface area contributed by atoms with E-state index in [1.165, 1.54) is 6.42 Å². The maximum Gasteiger partial charge on any atom is 0.272 e. The van der Waals surface area contributed by atoms with Gasteiger partial charge in [0.25, 0.3) is 5.91 Å². The van der Waals surface area contributed by atoms with E-state index in [2.05, 4.69) is 10.6 Å². The zero-order valence-corrected chi connectivity index (χ0v) is 19.4. The summed E-state index contributed by atoms with van der Waals surface area (Å²) in [5, 5.41) is 8.44. The first-order valence-electron chi connectivity index (χ1n) is 11.2. The largest absolute Gasteiger partial charge is 0.493 e. The SMILES string of the molecule is Cn1c(C(=O)Nc2ccccc2COc2ccc(OC[C@H]3CCNC3)cc2)cc2sccc21. The summed E-state index contributed by atoms with van der Waals surface area (Å²) >= 11 is 1.63. The van der Waals surface area contributed by atoms with Gasteiger partial charge >= 0.3 is 0 Å². The summed E-state index contributed by atoms with van der Waals surface area (Å²) in [5.41, 5.74) is 3.36. The van der Waals surface area contributed by atoms with Gasteiger partial charge in [-0.05, 0) is 60.8 Å². The topological polar surface area (TPSA) is 64.5 Å². The van der Waals surface area contributed by atoms with Crippen molar-refractivity contribution in [3.63, 3.8) is 0 Å². The van der Waals surface area contributed by atoms with E-state index in [1.807, 2.05) is 77.7 Å². The fraction of sp³-hybridized carbons (Fsp3) is 0.269. The number of ether oxygens (including phenoxy) is 2. The molecule has 6 nitrogen and oxygen atoms in total. The van der Waals surface area contributed by atoms with Crippen molar-refractivity contribution in [3.05, 3.63) is 77.3 Å². The average molecular weight is 462 g/mol. The van der Waals surface area contributed by atoms with Crippen LogP contribution in [0.2, 0.25) is 0 Å². The maximum absolute atomic E-state index is 12.9. The Hall–Kier alpha value is -3.29. The number of anilines is 1. The van der Waals surface area contributed by atoms with E-state index in [1.54, 1.807) is 11.3 Å². The Labute approximate surface area is 197 Å². The van der Waals surface area contributed by atoms with Crippen molar-refractivity contribution >= 4 is 33.1 Å². The van der Waals surface area contributed by atoms with Gasteiger partial charge in [0.15, 0.2) is 0 Å². The molecule has 5 rings (SSSR count). The molecule has 0 aliphatic carbocycles. The lowest BCUT2D eigenvalue weighted by Crippen LogP contribution is -2.17. The summed E-state index contributed by atoms with van der Waals surface area (Å²) in [5.74, 6) is 2.06. The van der Waals surface area contributed by atoms with Crippen LogP contribution in [0.5, 0.6) is 11.5 Å². The molecule has 1 fully saturated rings. The minimum Gasteiger partial charge on any atom is -0.493 e. The minimum absolute atomic E-state index is 0.132. The molecule has 0 unspecified atom stereocenters. The van der Waals surface area contributed by atoms with Crippen molar-refractivity contribution in [2.75, 3.05) is 25.0 Å². The predicted octanol–water partition coefficient (Wildman–Crippen LogP) is 5.06. The van der Waals surface area contributed by atoms with Gasteiger partial charge < -0.3 is 24.7 Å². The quantitative estimate of drug-likeness (QED) is 0.385. The van der Waals surface area contributed by atoms with E-state index in [-0.39, 0.29) is 5.91 Å². The van der Waals surface area contributed by atoms with E-state index in [0.29, 0.717) is 18.2 Å². The minimum atomic E-state index is -0.132. The second kappa shape index (κ2) is 9.68. The van der Waals surface area contributed by atoms with Gasteiger partial charge in [-0.1, -0.05) is 18.2 Å². The fourth-order valence-corrected chi connectivity index (χ4v) is 4.94. The molecule has 7 heteroatoms. The van der Waals surface area contributed by atoms with Gasteiger partial charge in [-0.15, -0.1) is 11.3 Å². The first kappa shape index (κ1) is 21.6. The molecule has 1 atom stereocenters. The van der Waals surface area contributed by atoms with Crippen LogP contribution in [-0.4, -0.2) is 30.2 Å². The maximum atomic E-state index is 12.9. The number of carbonyl (C=O) groups is 1. The number of benzene rings is 2. The van der Waals surface area contributed by atoms with Crippen molar-refractivity contribution in [2.24, 2.45) is 13.0 Å². The molecule has 1 saturated heterocycles. The highest BCUT2D eigenvalue weighted by atomic mass is 32.1. The van der Waals surface area contributed by atoms with E-state index in [0.717, 1.165) is 52.7 Å². The number of amides is 1. The van der Waals surface area contributed by atoms with Crippen LogP contribution in [-0.2, 0) is 13.7 Å². The molecular weight excluding hydrogens is 434 g/mol. The van der Waals surface area contributed by atoms with Gasteiger partial charge in [-0.2, -0.15) is 0 Å². The third kappa shape index (κ3) is 4.89. The Morgan fingerprint density at radius 3 is 2.67 bits per heavy atom. The Balaban J connectivity index is 1.20. The Kier molecular flexibility index (Phi) is 6.32. The average Bonchev–Trinajstić information content (AvgIpc) is 3.58. The van der Waals surface area contributed by atoms with Crippen LogP contribution in [0, 0.1) is 5.92 Å². The highest BCUT2D eigenvalue weighted by Gasteiger charge is 2.16. The van der Waals surface area contributed by atoms with Gasteiger partial charge in [0.05, 0.1) is 16.8 Å². The molecule has 170 valence electrons. The van der Waals surface area contributed by atoms with Gasteiger partial charge in [0.1, 0.15) is 23.8 Å². The molecule has 1 aliphatic heterocycles. The monoisotopic (exact) mass is 461 g/mol. The van der Waals surface area contributed by atoms with Crippen LogP contribution in [0.1, 0.15) is 22.5 Å². The standard InChI is InChI=1S/C26H27N3O3S/c1-29-23-11-13-33-25(23)14-24(29)26(30)28-22-5-3-2-4-19(22)17-32-21-8-6-20(7-9-21)31-16-18-10-12-27-15-18/h2-9,11,13-14,18,27H,10,12,15-17H2,1H3,(H,28,30)/t18-/m0/s1. The molecule has 2 aromatic heterocycles. The third-order valence-corrected chi connectivity index (χ3v) is 6.88. The zero-order valence-electron chi connectivity index (χ0n) is 18.5. The number of aryl methyl sites for hydroxylation is 1. The van der Waals surface area contributed by atoms with Crippen molar-refractivity contribution in [3.8, 4) is 11.5 Å². The fourth-order valence-electron chi connectivity index (χ4n) is 4.09. The van der Waals surface area contributed by atoms with Crippen molar-refractivity contribution in [1.82, 2.24) is 9.88 Å². The number of nitrogens with zero attached hydrogens (tertiary/aromatic N) is 1. The summed E-state index contributed by atoms with van der Waals surface area (Å²) < 4.78 is 14.9. The number of hydrogen-bond donors (Lipinski definition) is 2. The molecule has 0 saturated carbocycles. The molecule has 3 heterocycles. The van der Waals surface area contributed by atoms with Gasteiger partial charge in [0, 0.05) is 30.8 Å². The second-order valence-corrected chi connectivity index (χ2v) is 9.25. The van der Waals surface area contributed by atoms with Crippen LogP contribution in [0.25, 0.3) is 10.2 Å². The first-order chi connectivity index (χ1) is 16.2. The van der Waals surface area contributed by atoms with Gasteiger partial charge in [-0.25, -0.2) is 0 Å². The van der Waals surface area contributed by atoms with Crippen molar-refractivity contribution in [2.45, 2.75) is 13.0 Å². The molecule has 1 amide bonds. The number of carbonyl (C=O) groups excluding carboxylic acids is 1. The van der Waals surface area contributed by atoms with Crippen LogP contribution >= 0.6 is 11.3 Å². The first-order valence-corrected chi connectivity index (χ1v) is 12.0. The Bertz CT molecular complexity index is 1240. The molecule has 0 spiro atoms. The normalized spacial score (nSPS) is 15.6. The van der Waals surface area contributed by atoms with Crippen LogP contribution in [0.4, 0.5) is 5.69 Å². The lowest BCUT2D eigenvalue weighted by atomic mass is 10.1. The van der Waals surface area contributed by atoms with Crippen molar-refractivity contribution < 1.29 is 14.3 Å². The summed E-state index contributed by atoms with van der Waals surface area (Å²) in [6.45, 7) is 3.19. The molecule has 33 heavy (non-hydrogen) atoms. The predicted molar refractivity (Wildman–Crippen MR) is 132 cm³/mol. The Morgan fingerprint density at radius 2 is 1.91 bits per heavy atom. The number of rotatable bonds is 8. The highest BCUT2D eigenvalue weighted by Crippen LogP contribution is 2.26. The number of hydrogen-bond acceptors (Lipinski definition) is 5. The molecule has 2 aromatic carbocycles. The molecule has 0 bridgehead atoms. The molecule has 0 radical (unpaired) electrons. The summed E-state index contributed by atoms with van der Waals surface area (Å²) in [7, 11) is 1.91. The number of thiophene rings is 1. The van der Waals surface area contributed by atoms with E-state index in [4.69, 9.17) is 9.47 Å². The molecular formula is C26H27N3O3S. The van der Waals surface area contributed by atoms with E-state index in [9.17, 15) is 4.79 Å². The van der Waals surface area contributed by atoms with Crippen LogP contribution in [0.3, 0.4) is 0 Å². The number of fused-ring (bicyclic) bond motifs is 1. The number of nitrogens with one attached hydrogen (secondary N) is 2. The summed E-state index contributed by atoms with van der Waals surface area (Å²) in [6, 6.07) is 19.4. The zero-order chi connectivity index (χ0) is 22.6. The third-order valence-electron chi connectivity index (χ3n) is 6.03. The smallest absolute Gasteiger partial charge is 0.272 e. The lowest BCUT2D eigenvalue weighted by Gasteiger charge is -2.14. The van der Waals surface area contributed by atoms with Crippen LogP contribution < -0.4 is 20.1 Å². The Morgan fingerprint density at radius 1 is 1.12 bits per heavy atom. The summed E-state index contributed by atoms with van der Waals surface area (Å²) in [6.07, 6.45) is 1.17. The number of para-hydroxylation sites is 1. The number of aromatic nitrogens is 1. The van der Waals surface area contributed by atoms with E-state index >= 15 is 0 Å². The highest BCUT2D eigenvalue weighted by molar-refractivity contribution is 7.17.